The van der Waals surface area contributed by atoms with Gasteiger partial charge in [0, 0.05) is 42.4 Å². The molecule has 7 rings (SSSR count). The number of benzene rings is 3. The second-order valence-corrected chi connectivity index (χ2v) is 12.9. The predicted octanol–water partition coefficient (Wildman–Crippen LogP) is 7.29. The number of nitrogens with zero attached hydrogens (tertiary/aromatic N) is 3. The van der Waals surface area contributed by atoms with Crippen molar-refractivity contribution in [1.29, 1.82) is 0 Å². The number of piperidine rings is 1. The summed E-state index contributed by atoms with van der Waals surface area (Å²) in [6, 6.07) is 9.27. The maximum absolute atomic E-state index is 16.8. The van der Waals surface area contributed by atoms with E-state index in [0.717, 1.165) is 32.2 Å². The van der Waals surface area contributed by atoms with E-state index >= 15 is 4.39 Å². The maximum Gasteiger partial charge on any atom is 0.319 e. The molecule has 3 heterocycles. The van der Waals surface area contributed by atoms with Gasteiger partial charge in [-0.2, -0.15) is 9.97 Å². The molecule has 4 aromatic rings. The van der Waals surface area contributed by atoms with E-state index in [1.54, 1.807) is 24.3 Å². The Bertz CT molecular complexity index is 1720. The fourth-order valence-electron chi connectivity index (χ4n) is 7.71. The molecule has 2 bridgehead atoms. The highest BCUT2D eigenvalue weighted by molar-refractivity contribution is 6.03. The van der Waals surface area contributed by atoms with E-state index in [2.05, 4.69) is 10.3 Å². The molecular formula is C35H38F4N4O2. The molecule has 4 atom stereocenters. The maximum atomic E-state index is 16.8. The molecule has 1 saturated carbocycles. The van der Waals surface area contributed by atoms with E-state index < -0.39 is 24.0 Å². The van der Waals surface area contributed by atoms with Crippen LogP contribution in [0.15, 0.2) is 36.4 Å². The van der Waals surface area contributed by atoms with Crippen LogP contribution in [0.2, 0.25) is 0 Å². The third kappa shape index (κ3) is 5.66. The molecule has 2 aliphatic heterocycles. The lowest BCUT2D eigenvalue weighted by atomic mass is 9.92. The number of rotatable bonds is 6. The summed E-state index contributed by atoms with van der Waals surface area (Å²) in [6.45, 7) is 3.99. The molecule has 1 aliphatic carbocycles. The van der Waals surface area contributed by atoms with Crippen LogP contribution in [0, 0.1) is 29.4 Å². The van der Waals surface area contributed by atoms with Crippen LogP contribution in [0.25, 0.3) is 32.8 Å². The van der Waals surface area contributed by atoms with Crippen molar-refractivity contribution in [2.24, 2.45) is 17.8 Å². The van der Waals surface area contributed by atoms with Crippen molar-refractivity contribution < 1.29 is 27.4 Å². The van der Waals surface area contributed by atoms with Crippen LogP contribution < -0.4 is 15.0 Å². The molecule has 0 amide bonds. The standard InChI is InChI=1S/C35H38F4N4O2/c1-2-25-29(37)10-7-20-13-24(44)14-28(30(20)25)26-8-9-27-33(32(26)39)41-35(45-18-19-4-3-11-40-15-23(36)12-19)42-34(27)43-16-21-5-6-22(17-43)31(21)38/h7-10,13-14,19,21-23,31,40,44H,2-6,11-12,15-18H2,1H3/t19-,21?,22?,23-,31?/m1/s1. The van der Waals surface area contributed by atoms with Crippen LogP contribution in [0.3, 0.4) is 0 Å². The number of phenols is 1. The van der Waals surface area contributed by atoms with Crippen LogP contribution in [0.1, 0.15) is 44.6 Å². The molecule has 2 unspecified atom stereocenters. The van der Waals surface area contributed by atoms with Crippen LogP contribution in [-0.2, 0) is 6.42 Å². The third-order valence-electron chi connectivity index (χ3n) is 9.95. The van der Waals surface area contributed by atoms with Gasteiger partial charge in [0.05, 0.1) is 6.61 Å². The fraction of sp³-hybridized carbons (Fsp3) is 0.486. The summed E-state index contributed by atoms with van der Waals surface area (Å²) in [5, 5.41) is 15.3. The second kappa shape index (κ2) is 12.3. The Labute approximate surface area is 259 Å². The first-order chi connectivity index (χ1) is 21.8. The summed E-state index contributed by atoms with van der Waals surface area (Å²) in [7, 11) is 0. The molecule has 10 heteroatoms. The van der Waals surface area contributed by atoms with Gasteiger partial charge < -0.3 is 20.1 Å². The van der Waals surface area contributed by atoms with Gasteiger partial charge in [-0.05, 0) is 97.2 Å². The lowest BCUT2D eigenvalue weighted by molar-refractivity contribution is 0.165. The number of aryl methyl sites for hydroxylation is 1. The molecule has 6 nitrogen and oxygen atoms in total. The normalized spacial score (nSPS) is 25.4. The number of phenolic OH excluding ortho intramolecular Hbond substituents is 1. The minimum absolute atomic E-state index is 0.0140. The van der Waals surface area contributed by atoms with E-state index in [1.807, 2.05) is 11.8 Å². The highest BCUT2D eigenvalue weighted by Gasteiger charge is 2.43. The number of aromatic hydroxyl groups is 1. The molecule has 2 N–H and O–H groups in total. The number of hydrogen-bond acceptors (Lipinski definition) is 6. The number of fused-ring (bicyclic) bond motifs is 4. The first-order valence-corrected chi connectivity index (χ1v) is 16.1. The molecule has 0 radical (unpaired) electrons. The van der Waals surface area contributed by atoms with Gasteiger partial charge in [-0.25, -0.2) is 17.6 Å². The molecule has 238 valence electrons. The number of halogens is 4. The van der Waals surface area contributed by atoms with Gasteiger partial charge in [0.1, 0.15) is 35.2 Å². The molecule has 1 aromatic heterocycles. The molecule has 3 aromatic carbocycles. The van der Waals surface area contributed by atoms with Gasteiger partial charge in [0.25, 0.3) is 0 Å². The van der Waals surface area contributed by atoms with Crippen molar-refractivity contribution in [3.8, 4) is 22.9 Å². The summed E-state index contributed by atoms with van der Waals surface area (Å²) in [5.74, 6) is -0.909. The zero-order chi connectivity index (χ0) is 31.2. The number of alkyl halides is 2. The Morgan fingerprint density at radius 1 is 1.00 bits per heavy atom. The Balaban J connectivity index is 1.34. The van der Waals surface area contributed by atoms with Crippen LogP contribution in [0.5, 0.6) is 11.8 Å². The van der Waals surface area contributed by atoms with Gasteiger partial charge in [-0.15, -0.1) is 0 Å². The molecule has 2 saturated heterocycles. The number of aromatic nitrogens is 2. The van der Waals surface area contributed by atoms with E-state index in [0.29, 0.717) is 65.6 Å². The highest BCUT2D eigenvalue weighted by atomic mass is 19.1. The number of anilines is 1. The van der Waals surface area contributed by atoms with Gasteiger partial charge in [0.15, 0.2) is 5.82 Å². The zero-order valence-corrected chi connectivity index (χ0v) is 25.3. The van der Waals surface area contributed by atoms with Crippen molar-refractivity contribution >= 4 is 27.5 Å². The first-order valence-electron chi connectivity index (χ1n) is 16.1. The average Bonchev–Trinajstić information content (AvgIpc) is 3.20. The fourth-order valence-corrected chi connectivity index (χ4v) is 7.71. The Morgan fingerprint density at radius 2 is 1.80 bits per heavy atom. The summed E-state index contributed by atoms with van der Waals surface area (Å²) in [4.78, 5) is 11.3. The minimum atomic E-state index is -0.987. The summed E-state index contributed by atoms with van der Waals surface area (Å²) in [6.07, 6.45) is 2.15. The Morgan fingerprint density at radius 3 is 2.58 bits per heavy atom. The molecule has 3 aliphatic rings. The summed E-state index contributed by atoms with van der Waals surface area (Å²) in [5.41, 5.74) is 0.976. The lowest BCUT2D eigenvalue weighted by Crippen LogP contribution is -2.43. The van der Waals surface area contributed by atoms with E-state index in [9.17, 15) is 18.3 Å². The van der Waals surface area contributed by atoms with Gasteiger partial charge >= 0.3 is 6.01 Å². The van der Waals surface area contributed by atoms with Crippen molar-refractivity contribution in [1.82, 2.24) is 15.3 Å². The average molecular weight is 623 g/mol. The monoisotopic (exact) mass is 622 g/mol. The van der Waals surface area contributed by atoms with Crippen molar-refractivity contribution in [2.75, 3.05) is 37.7 Å². The summed E-state index contributed by atoms with van der Waals surface area (Å²) < 4.78 is 67.1. The van der Waals surface area contributed by atoms with Crippen LogP contribution in [-0.4, -0.2) is 60.2 Å². The van der Waals surface area contributed by atoms with E-state index in [1.165, 1.54) is 12.1 Å². The SMILES string of the molecule is CCc1c(F)ccc2cc(O)cc(-c3ccc4c(N5CC6CCC(C5)C6F)nc(OC[C@@H]5CCCNC[C@H](F)C5)nc4c3F)c12. The predicted molar refractivity (Wildman–Crippen MR) is 167 cm³/mol. The van der Waals surface area contributed by atoms with Crippen LogP contribution >= 0.6 is 0 Å². The minimum Gasteiger partial charge on any atom is -0.508 e. The Hall–Kier alpha value is -3.66. The number of nitrogens with one attached hydrogen (secondary N) is 1. The van der Waals surface area contributed by atoms with Crippen LogP contribution in [0.4, 0.5) is 23.4 Å². The van der Waals surface area contributed by atoms with Crippen molar-refractivity contribution in [3.05, 3.63) is 53.6 Å². The largest absolute Gasteiger partial charge is 0.508 e. The highest BCUT2D eigenvalue weighted by Crippen LogP contribution is 2.44. The number of hydrogen-bond donors (Lipinski definition) is 2. The van der Waals surface area contributed by atoms with Gasteiger partial charge in [0.2, 0.25) is 0 Å². The van der Waals surface area contributed by atoms with Crippen molar-refractivity contribution in [2.45, 2.75) is 57.8 Å². The third-order valence-corrected chi connectivity index (χ3v) is 9.95. The molecule has 45 heavy (non-hydrogen) atoms. The number of ether oxygens (including phenoxy) is 1. The van der Waals surface area contributed by atoms with E-state index in [-0.39, 0.29) is 47.2 Å². The lowest BCUT2D eigenvalue weighted by Gasteiger charge is -2.35. The molecule has 0 spiro atoms. The molecule has 3 fully saturated rings. The van der Waals surface area contributed by atoms with E-state index in [4.69, 9.17) is 9.72 Å². The zero-order valence-electron chi connectivity index (χ0n) is 25.3. The van der Waals surface area contributed by atoms with Gasteiger partial charge in [-0.3, -0.25) is 0 Å². The smallest absolute Gasteiger partial charge is 0.319 e. The van der Waals surface area contributed by atoms with Crippen molar-refractivity contribution in [3.63, 3.8) is 0 Å². The quantitative estimate of drug-likeness (QED) is 0.220. The summed E-state index contributed by atoms with van der Waals surface area (Å²) >= 11 is 0. The Kier molecular flexibility index (Phi) is 8.18. The molecular weight excluding hydrogens is 584 g/mol. The second-order valence-electron chi connectivity index (χ2n) is 12.9. The first kappa shape index (κ1) is 30.0. The topological polar surface area (TPSA) is 70.5 Å². The van der Waals surface area contributed by atoms with Gasteiger partial charge in [-0.1, -0.05) is 19.1 Å².